The summed E-state index contributed by atoms with van der Waals surface area (Å²) >= 11 is 0. The minimum absolute atomic E-state index is 0.211. The summed E-state index contributed by atoms with van der Waals surface area (Å²) < 4.78 is 10.2. The molecule has 1 aromatic rings. The molecule has 0 aliphatic rings. The second-order valence-electron chi connectivity index (χ2n) is 3.81. The highest BCUT2D eigenvalue weighted by Crippen LogP contribution is 2.22. The van der Waals surface area contributed by atoms with E-state index in [0.29, 0.717) is 17.1 Å². The predicted molar refractivity (Wildman–Crippen MR) is 78.5 cm³/mol. The Morgan fingerprint density at radius 1 is 1.29 bits per heavy atom. The number of ether oxygens (including phenoxy) is 2. The second kappa shape index (κ2) is 8.36. The Bertz CT molecular complexity index is 555. The van der Waals surface area contributed by atoms with Gasteiger partial charge in [-0.15, -0.1) is 6.58 Å². The number of hydrogen-bond donors (Lipinski definition) is 2. The average molecular weight is 291 g/mol. The summed E-state index contributed by atoms with van der Waals surface area (Å²) in [4.78, 5) is 22.6. The van der Waals surface area contributed by atoms with Crippen LogP contribution in [0.1, 0.15) is 5.56 Å². The number of nitrogens with zero attached hydrogens (tertiary/aromatic N) is 1. The average Bonchev–Trinajstić information content (AvgIpc) is 2.52. The van der Waals surface area contributed by atoms with E-state index in [1.807, 2.05) is 0 Å². The van der Waals surface area contributed by atoms with Crippen molar-refractivity contribution < 1.29 is 19.1 Å². The van der Waals surface area contributed by atoms with Crippen LogP contribution in [0.2, 0.25) is 0 Å². The summed E-state index contributed by atoms with van der Waals surface area (Å²) in [6.07, 6.45) is 2.84. The number of rotatable bonds is 6. The maximum absolute atomic E-state index is 11.4. The molecule has 0 unspecified atom stereocenters. The molecule has 2 amide bonds. The number of benzene rings is 1. The first-order valence-electron chi connectivity index (χ1n) is 6.06. The van der Waals surface area contributed by atoms with Crippen molar-refractivity contribution in [1.82, 2.24) is 10.7 Å². The zero-order valence-electron chi connectivity index (χ0n) is 11.9. The number of amides is 2. The molecular weight excluding hydrogens is 274 g/mol. The van der Waals surface area contributed by atoms with Crippen LogP contribution in [0.15, 0.2) is 36.0 Å². The Morgan fingerprint density at radius 2 is 2.05 bits per heavy atom. The molecule has 1 rings (SSSR count). The van der Waals surface area contributed by atoms with Gasteiger partial charge in [0.15, 0.2) is 0 Å². The second-order valence-corrected chi connectivity index (χ2v) is 3.81. The first-order valence-corrected chi connectivity index (χ1v) is 6.06. The van der Waals surface area contributed by atoms with E-state index in [-0.39, 0.29) is 6.54 Å². The third-order valence-electron chi connectivity index (χ3n) is 2.42. The number of methoxy groups -OCH3 is 2. The molecule has 1 aromatic carbocycles. The van der Waals surface area contributed by atoms with E-state index in [1.165, 1.54) is 19.4 Å². The summed E-state index contributed by atoms with van der Waals surface area (Å²) in [6.45, 7) is 3.64. The maximum Gasteiger partial charge on any atom is 0.329 e. The Labute approximate surface area is 122 Å². The van der Waals surface area contributed by atoms with Crippen LogP contribution in [0.25, 0.3) is 0 Å². The zero-order chi connectivity index (χ0) is 15.7. The fourth-order valence-corrected chi connectivity index (χ4v) is 1.38. The molecule has 7 nitrogen and oxygen atoms in total. The van der Waals surface area contributed by atoms with E-state index in [2.05, 4.69) is 22.4 Å². The van der Waals surface area contributed by atoms with E-state index in [0.717, 1.165) is 0 Å². The molecule has 2 N–H and O–H groups in total. The molecule has 0 aliphatic heterocycles. The van der Waals surface area contributed by atoms with E-state index in [4.69, 9.17) is 9.47 Å². The van der Waals surface area contributed by atoms with Gasteiger partial charge in [0.25, 0.3) is 0 Å². The van der Waals surface area contributed by atoms with E-state index < -0.39 is 11.8 Å². The van der Waals surface area contributed by atoms with Gasteiger partial charge in [-0.05, 0) is 12.1 Å². The van der Waals surface area contributed by atoms with Crippen molar-refractivity contribution in [3.8, 4) is 11.5 Å². The van der Waals surface area contributed by atoms with Crippen molar-refractivity contribution in [2.45, 2.75) is 0 Å². The molecule has 0 aliphatic carbocycles. The first kappa shape index (κ1) is 16.2. The molecule has 0 bridgehead atoms. The summed E-state index contributed by atoms with van der Waals surface area (Å²) in [5.41, 5.74) is 2.75. The number of hydrogen-bond acceptors (Lipinski definition) is 5. The quantitative estimate of drug-likeness (QED) is 0.345. The van der Waals surface area contributed by atoms with E-state index in [9.17, 15) is 9.59 Å². The molecule has 0 radical (unpaired) electrons. The molecule has 7 heteroatoms. The van der Waals surface area contributed by atoms with Gasteiger partial charge in [-0.25, -0.2) is 5.43 Å². The lowest BCUT2D eigenvalue weighted by molar-refractivity contribution is -0.139. The highest BCUT2D eigenvalue weighted by Gasteiger charge is 2.10. The lowest BCUT2D eigenvalue weighted by Gasteiger charge is -2.06. The number of hydrazone groups is 1. The highest BCUT2D eigenvalue weighted by atomic mass is 16.5. The summed E-state index contributed by atoms with van der Waals surface area (Å²) in [7, 11) is 3.05. The zero-order valence-corrected chi connectivity index (χ0v) is 11.9. The van der Waals surface area contributed by atoms with Crippen LogP contribution in [0.5, 0.6) is 11.5 Å². The maximum atomic E-state index is 11.4. The highest BCUT2D eigenvalue weighted by molar-refractivity contribution is 6.35. The van der Waals surface area contributed by atoms with Crippen molar-refractivity contribution in [1.29, 1.82) is 0 Å². The van der Waals surface area contributed by atoms with Crippen LogP contribution < -0.4 is 20.2 Å². The van der Waals surface area contributed by atoms with Gasteiger partial charge in [-0.3, -0.25) is 9.59 Å². The van der Waals surface area contributed by atoms with E-state index in [1.54, 1.807) is 25.3 Å². The van der Waals surface area contributed by atoms with Gasteiger partial charge in [0.05, 0.1) is 20.4 Å². The summed E-state index contributed by atoms with van der Waals surface area (Å²) in [5.74, 6) is -0.477. The standard InChI is InChI=1S/C14H17N3O4/c1-4-7-15-13(18)14(19)17-16-9-10-5-6-11(20-2)8-12(10)21-3/h4-6,8-9H,1,7H2,2-3H3,(H,15,18)(H,17,19)/b16-9-. The molecule has 21 heavy (non-hydrogen) atoms. The van der Waals surface area contributed by atoms with Crippen molar-refractivity contribution in [2.75, 3.05) is 20.8 Å². The molecule has 0 saturated carbocycles. The van der Waals surface area contributed by atoms with Crippen LogP contribution in [-0.2, 0) is 9.59 Å². The monoisotopic (exact) mass is 291 g/mol. The van der Waals surface area contributed by atoms with Crippen molar-refractivity contribution in [3.63, 3.8) is 0 Å². The van der Waals surface area contributed by atoms with Crippen molar-refractivity contribution >= 4 is 18.0 Å². The molecule has 0 heterocycles. The molecular formula is C14H17N3O4. The Morgan fingerprint density at radius 3 is 2.67 bits per heavy atom. The lowest BCUT2D eigenvalue weighted by Crippen LogP contribution is -2.37. The largest absolute Gasteiger partial charge is 0.497 e. The van der Waals surface area contributed by atoms with Crippen LogP contribution in [0.3, 0.4) is 0 Å². The lowest BCUT2D eigenvalue weighted by atomic mass is 10.2. The topological polar surface area (TPSA) is 89.0 Å². The first-order chi connectivity index (χ1) is 10.1. The third-order valence-corrected chi connectivity index (χ3v) is 2.42. The Balaban J connectivity index is 2.66. The van der Waals surface area contributed by atoms with Gasteiger partial charge in [0.2, 0.25) is 0 Å². The Kier molecular flexibility index (Phi) is 6.46. The van der Waals surface area contributed by atoms with Crippen molar-refractivity contribution in [2.24, 2.45) is 5.10 Å². The Hall–Kier alpha value is -2.83. The van der Waals surface area contributed by atoms with Crippen LogP contribution in [-0.4, -0.2) is 38.8 Å². The number of nitrogens with one attached hydrogen (secondary N) is 2. The van der Waals surface area contributed by atoms with Gasteiger partial charge >= 0.3 is 11.8 Å². The van der Waals surface area contributed by atoms with Gasteiger partial charge in [-0.1, -0.05) is 6.08 Å². The van der Waals surface area contributed by atoms with Crippen LogP contribution >= 0.6 is 0 Å². The van der Waals surface area contributed by atoms with Gasteiger partial charge in [-0.2, -0.15) is 5.10 Å². The van der Waals surface area contributed by atoms with E-state index >= 15 is 0 Å². The molecule has 0 fully saturated rings. The minimum atomic E-state index is -0.861. The smallest absolute Gasteiger partial charge is 0.329 e. The molecule has 0 spiro atoms. The SMILES string of the molecule is C=CCNC(=O)C(=O)N/N=C\c1ccc(OC)cc1OC. The minimum Gasteiger partial charge on any atom is -0.497 e. The molecule has 0 atom stereocenters. The van der Waals surface area contributed by atoms with Gasteiger partial charge < -0.3 is 14.8 Å². The molecule has 0 saturated heterocycles. The van der Waals surface area contributed by atoms with Gasteiger partial charge in [0.1, 0.15) is 11.5 Å². The summed E-state index contributed by atoms with van der Waals surface area (Å²) in [6, 6.07) is 5.12. The third kappa shape index (κ3) is 4.98. The fraction of sp³-hybridized carbons (Fsp3) is 0.214. The number of carbonyl (C=O) groups is 2. The van der Waals surface area contributed by atoms with Crippen LogP contribution in [0.4, 0.5) is 0 Å². The fourth-order valence-electron chi connectivity index (χ4n) is 1.38. The van der Waals surface area contributed by atoms with Crippen LogP contribution in [0, 0.1) is 0 Å². The normalized spacial score (nSPS) is 10.0. The number of carbonyl (C=O) groups excluding carboxylic acids is 2. The predicted octanol–water partition coefficient (Wildman–Crippen LogP) is 0.456. The molecule has 112 valence electrons. The van der Waals surface area contributed by atoms with Gasteiger partial charge in [0, 0.05) is 18.2 Å². The molecule has 0 aromatic heterocycles. The summed E-state index contributed by atoms with van der Waals surface area (Å²) in [5, 5.41) is 6.04. The van der Waals surface area contributed by atoms with Crippen molar-refractivity contribution in [3.05, 3.63) is 36.4 Å².